The number of hydrogen-bond donors (Lipinski definition) is 0. The average Bonchev–Trinajstić information content (AvgIpc) is 3.29. The van der Waals surface area contributed by atoms with Gasteiger partial charge in [-0.25, -0.2) is 8.42 Å². The second-order valence-electron chi connectivity index (χ2n) is 6.59. The van der Waals surface area contributed by atoms with E-state index in [2.05, 4.69) is 10.2 Å². The minimum atomic E-state index is -2.93. The number of hydrogen-bond acceptors (Lipinski definition) is 8. The zero-order chi connectivity index (χ0) is 19.0. The molecule has 10 heteroatoms. The van der Waals surface area contributed by atoms with Crippen molar-refractivity contribution in [1.29, 1.82) is 0 Å². The first-order valence-corrected chi connectivity index (χ1v) is 11.3. The van der Waals surface area contributed by atoms with Crippen LogP contribution in [0.2, 0.25) is 0 Å². The Balaban J connectivity index is 1.30. The largest absolute Gasteiger partial charge is 0.416 e. The number of rotatable bonds is 6. The van der Waals surface area contributed by atoms with Crippen molar-refractivity contribution in [3.8, 4) is 0 Å². The Morgan fingerprint density at radius 2 is 1.85 bits per heavy atom. The molecule has 0 aliphatic carbocycles. The fourth-order valence-electron chi connectivity index (χ4n) is 3.33. The number of amides is 2. The third-order valence-electron chi connectivity index (χ3n) is 4.66. The summed E-state index contributed by atoms with van der Waals surface area (Å²) in [5.41, 5.74) is 0.859. The van der Waals surface area contributed by atoms with Gasteiger partial charge in [-0.05, 0) is 24.5 Å². The zero-order valence-corrected chi connectivity index (χ0v) is 16.0. The number of fused-ring (bicyclic) bond motifs is 1. The van der Waals surface area contributed by atoms with Gasteiger partial charge < -0.3 is 4.42 Å². The molecule has 1 aromatic heterocycles. The summed E-state index contributed by atoms with van der Waals surface area (Å²) in [5, 5.41) is 8.25. The van der Waals surface area contributed by atoms with E-state index in [1.165, 1.54) is 16.7 Å². The molecular formula is C17H17N3O5S2. The zero-order valence-electron chi connectivity index (χ0n) is 14.3. The number of thioether (sulfide) groups is 1. The molecule has 0 N–H and O–H groups in total. The predicted octanol–water partition coefficient (Wildman–Crippen LogP) is 1.44. The van der Waals surface area contributed by atoms with Gasteiger partial charge >= 0.3 is 0 Å². The summed E-state index contributed by atoms with van der Waals surface area (Å²) >= 11 is 1.26. The van der Waals surface area contributed by atoms with E-state index in [1.807, 2.05) is 0 Å². The number of carbonyl (C=O) groups is 2. The average molecular weight is 407 g/mol. The van der Waals surface area contributed by atoms with Gasteiger partial charge in [0.25, 0.3) is 17.0 Å². The van der Waals surface area contributed by atoms with Gasteiger partial charge in [0, 0.05) is 18.7 Å². The number of aromatic nitrogens is 2. The smallest absolute Gasteiger partial charge is 0.276 e. The summed E-state index contributed by atoms with van der Waals surface area (Å²) in [6.07, 6.45) is 1.07. The molecule has 1 fully saturated rings. The highest BCUT2D eigenvalue weighted by Gasteiger charge is 2.34. The molecule has 3 heterocycles. The Morgan fingerprint density at radius 1 is 1.15 bits per heavy atom. The summed E-state index contributed by atoms with van der Waals surface area (Å²) < 4.78 is 28.6. The highest BCUT2D eigenvalue weighted by atomic mass is 32.2. The number of nitrogens with zero attached hydrogens (tertiary/aromatic N) is 3. The van der Waals surface area contributed by atoms with E-state index in [1.54, 1.807) is 24.3 Å². The molecule has 4 rings (SSSR count). The second kappa shape index (κ2) is 7.08. The third-order valence-corrected chi connectivity index (χ3v) is 7.29. The molecule has 2 amide bonds. The quantitative estimate of drug-likeness (QED) is 0.522. The van der Waals surface area contributed by atoms with Crippen molar-refractivity contribution in [3.05, 3.63) is 41.3 Å². The lowest BCUT2D eigenvalue weighted by Gasteiger charge is -2.12. The lowest BCUT2D eigenvalue weighted by Crippen LogP contribution is -2.31. The van der Waals surface area contributed by atoms with E-state index in [9.17, 15) is 18.0 Å². The van der Waals surface area contributed by atoms with Crippen LogP contribution < -0.4 is 0 Å². The molecule has 2 aliphatic rings. The predicted molar refractivity (Wildman–Crippen MR) is 97.3 cm³/mol. The maximum atomic E-state index is 12.3. The van der Waals surface area contributed by atoms with Crippen LogP contribution in [0.15, 0.2) is 33.9 Å². The van der Waals surface area contributed by atoms with Crippen molar-refractivity contribution in [2.24, 2.45) is 5.92 Å². The summed E-state index contributed by atoms with van der Waals surface area (Å²) in [4.78, 5) is 25.8. The molecule has 1 saturated heterocycles. The third kappa shape index (κ3) is 3.77. The Labute approximate surface area is 160 Å². The van der Waals surface area contributed by atoms with Crippen molar-refractivity contribution in [2.75, 3.05) is 23.8 Å². The molecule has 1 atom stereocenters. The SMILES string of the molecule is O=C1c2ccccc2C(=O)N1CCSc1nnc(C[C@H]2CCS(=O)(=O)C2)o1. The van der Waals surface area contributed by atoms with E-state index in [-0.39, 0.29) is 35.8 Å². The Hall–Kier alpha value is -2.20. The van der Waals surface area contributed by atoms with Crippen LogP contribution in [0.4, 0.5) is 0 Å². The van der Waals surface area contributed by atoms with Crippen molar-refractivity contribution < 1.29 is 22.4 Å². The lowest BCUT2D eigenvalue weighted by molar-refractivity contribution is 0.0664. The Morgan fingerprint density at radius 3 is 2.48 bits per heavy atom. The van der Waals surface area contributed by atoms with Crippen LogP contribution in [0, 0.1) is 5.92 Å². The fraction of sp³-hybridized carbons (Fsp3) is 0.412. The van der Waals surface area contributed by atoms with Crippen LogP contribution in [0.1, 0.15) is 33.0 Å². The number of imide groups is 1. The second-order valence-corrected chi connectivity index (χ2v) is 9.87. The first kappa shape index (κ1) is 18.2. The normalized spacial score (nSPS) is 21.0. The molecule has 0 saturated carbocycles. The summed E-state index contributed by atoms with van der Waals surface area (Å²) in [6.45, 7) is 0.246. The molecule has 0 bridgehead atoms. The first-order chi connectivity index (χ1) is 12.9. The maximum Gasteiger partial charge on any atom is 0.276 e. The molecule has 1 aromatic carbocycles. The van der Waals surface area contributed by atoms with Gasteiger partial charge in [-0.2, -0.15) is 0 Å². The van der Waals surface area contributed by atoms with Gasteiger partial charge in [-0.3, -0.25) is 14.5 Å². The number of sulfone groups is 1. The van der Waals surface area contributed by atoms with E-state index >= 15 is 0 Å². The molecule has 0 unspecified atom stereocenters. The molecule has 2 aromatic rings. The van der Waals surface area contributed by atoms with Crippen molar-refractivity contribution >= 4 is 33.4 Å². The molecule has 27 heavy (non-hydrogen) atoms. The van der Waals surface area contributed by atoms with Crippen molar-refractivity contribution in [3.63, 3.8) is 0 Å². The van der Waals surface area contributed by atoms with Crippen LogP contribution in [0.5, 0.6) is 0 Å². The molecule has 0 radical (unpaired) electrons. The minimum absolute atomic E-state index is 0.0200. The van der Waals surface area contributed by atoms with Crippen molar-refractivity contribution in [1.82, 2.24) is 15.1 Å². The molecule has 8 nitrogen and oxygen atoms in total. The Bertz CT molecular complexity index is 967. The van der Waals surface area contributed by atoms with Crippen LogP contribution in [-0.4, -0.2) is 59.1 Å². The van der Waals surface area contributed by atoms with Gasteiger partial charge in [-0.1, -0.05) is 23.9 Å². The fourth-order valence-corrected chi connectivity index (χ4v) is 5.89. The minimum Gasteiger partial charge on any atom is -0.416 e. The number of carbonyl (C=O) groups excluding carboxylic acids is 2. The van der Waals surface area contributed by atoms with Crippen LogP contribution in [0.25, 0.3) is 0 Å². The van der Waals surface area contributed by atoms with E-state index < -0.39 is 9.84 Å². The van der Waals surface area contributed by atoms with Crippen molar-refractivity contribution in [2.45, 2.75) is 18.1 Å². The molecular weight excluding hydrogens is 390 g/mol. The molecule has 0 spiro atoms. The summed E-state index contributed by atoms with van der Waals surface area (Å²) in [5.74, 6) is 0.678. The topological polar surface area (TPSA) is 110 Å². The monoisotopic (exact) mass is 407 g/mol. The van der Waals surface area contributed by atoms with E-state index in [0.717, 1.165) is 0 Å². The Kier molecular flexibility index (Phi) is 4.77. The highest BCUT2D eigenvalue weighted by Crippen LogP contribution is 2.25. The van der Waals surface area contributed by atoms with Gasteiger partial charge in [0.05, 0.1) is 22.6 Å². The summed E-state index contributed by atoms with van der Waals surface area (Å²) in [6, 6.07) is 6.77. The van der Waals surface area contributed by atoms with Gasteiger partial charge in [0.2, 0.25) is 5.89 Å². The van der Waals surface area contributed by atoms with Crippen LogP contribution >= 0.6 is 11.8 Å². The highest BCUT2D eigenvalue weighted by molar-refractivity contribution is 7.99. The summed E-state index contributed by atoms with van der Waals surface area (Å²) in [7, 11) is -2.93. The molecule has 142 valence electrons. The maximum absolute atomic E-state index is 12.3. The van der Waals surface area contributed by atoms with Crippen LogP contribution in [0.3, 0.4) is 0 Å². The standard InChI is InChI=1S/C17H17N3O5S2/c21-15-12-3-1-2-4-13(12)16(22)20(15)6-7-26-17-19-18-14(25-17)9-11-5-8-27(23,24)10-11/h1-4,11H,5-10H2/t11-/m1/s1. The van der Waals surface area contributed by atoms with E-state index in [0.29, 0.717) is 40.8 Å². The van der Waals surface area contributed by atoms with E-state index in [4.69, 9.17) is 4.42 Å². The lowest BCUT2D eigenvalue weighted by atomic mass is 10.1. The van der Waals surface area contributed by atoms with Crippen LogP contribution in [-0.2, 0) is 16.3 Å². The van der Waals surface area contributed by atoms with Gasteiger partial charge in [0.15, 0.2) is 9.84 Å². The van der Waals surface area contributed by atoms with Gasteiger partial charge in [0.1, 0.15) is 0 Å². The molecule has 2 aliphatic heterocycles. The van der Waals surface area contributed by atoms with Gasteiger partial charge in [-0.15, -0.1) is 10.2 Å². The number of benzene rings is 1. The first-order valence-electron chi connectivity index (χ1n) is 8.54.